The van der Waals surface area contributed by atoms with Crippen LogP contribution in [0.2, 0.25) is 0 Å². The van der Waals surface area contributed by atoms with Crippen molar-refractivity contribution in [1.82, 2.24) is 9.36 Å². The van der Waals surface area contributed by atoms with E-state index in [-0.39, 0.29) is 12.0 Å². The molecule has 0 saturated carbocycles. The van der Waals surface area contributed by atoms with E-state index in [4.69, 9.17) is 5.11 Å². The van der Waals surface area contributed by atoms with Gasteiger partial charge in [0.1, 0.15) is 0 Å². The number of aliphatic carboxylic acids is 1. The number of nitrogens with zero attached hydrogens (tertiary/aromatic N) is 2. The number of aryl methyl sites for hydroxylation is 1. The van der Waals surface area contributed by atoms with Crippen LogP contribution in [0.5, 0.6) is 0 Å². The maximum Gasteiger partial charge on any atom is 0.307 e. The van der Waals surface area contributed by atoms with Gasteiger partial charge in [-0.05, 0) is 17.7 Å². The van der Waals surface area contributed by atoms with Crippen LogP contribution in [0.1, 0.15) is 5.56 Å². The second-order valence-electron chi connectivity index (χ2n) is 3.77. The molecule has 0 saturated heterocycles. The summed E-state index contributed by atoms with van der Waals surface area (Å²) in [6, 6.07) is 5.15. The highest BCUT2D eigenvalue weighted by atomic mass is 16.4. The Hall–Kier alpha value is -2.04. The van der Waals surface area contributed by atoms with Gasteiger partial charge in [-0.25, -0.2) is 0 Å². The molecule has 0 bridgehead atoms. The molecule has 0 aliphatic heterocycles. The quantitative estimate of drug-likeness (QED) is 0.801. The van der Waals surface area contributed by atoms with Crippen LogP contribution < -0.4 is 5.56 Å². The summed E-state index contributed by atoms with van der Waals surface area (Å²) in [5.41, 5.74) is 1.34. The Morgan fingerprint density at radius 1 is 1.31 bits per heavy atom. The lowest BCUT2D eigenvalue weighted by molar-refractivity contribution is -0.136. The van der Waals surface area contributed by atoms with Gasteiger partial charge in [-0.1, -0.05) is 6.07 Å². The molecule has 2 aromatic rings. The van der Waals surface area contributed by atoms with Gasteiger partial charge in [0.25, 0.3) is 5.56 Å². The highest BCUT2D eigenvalue weighted by Gasteiger charge is 2.09. The average Bonchev–Trinajstić information content (AvgIpc) is 2.43. The Balaban J connectivity index is 2.67. The number of aromatic nitrogens is 2. The molecule has 1 aromatic heterocycles. The Bertz CT molecular complexity index is 622. The fourth-order valence-electron chi connectivity index (χ4n) is 1.79. The SMILES string of the molecule is Cn1c(=O)c2cc(CC(=O)O)ccc2n1C. The molecule has 0 aliphatic carbocycles. The van der Waals surface area contributed by atoms with Crippen LogP contribution in [-0.4, -0.2) is 20.4 Å². The lowest BCUT2D eigenvalue weighted by atomic mass is 10.1. The van der Waals surface area contributed by atoms with Gasteiger partial charge in [-0.3, -0.25) is 19.0 Å². The number of fused-ring (bicyclic) bond motifs is 1. The van der Waals surface area contributed by atoms with Gasteiger partial charge < -0.3 is 5.11 Å². The zero-order valence-electron chi connectivity index (χ0n) is 9.10. The first-order chi connectivity index (χ1) is 7.50. The summed E-state index contributed by atoms with van der Waals surface area (Å²) in [4.78, 5) is 22.4. The molecule has 0 spiro atoms. The van der Waals surface area contributed by atoms with Crippen molar-refractivity contribution in [3.05, 3.63) is 34.1 Å². The standard InChI is InChI=1S/C11H12N2O3/c1-12-9-4-3-7(6-10(14)15)5-8(9)11(16)13(12)2/h3-5H,6H2,1-2H3,(H,14,15). The Morgan fingerprint density at radius 3 is 2.62 bits per heavy atom. The zero-order chi connectivity index (χ0) is 11.9. The summed E-state index contributed by atoms with van der Waals surface area (Å²) in [5.74, 6) is -0.896. The van der Waals surface area contributed by atoms with Crippen LogP contribution >= 0.6 is 0 Å². The Morgan fingerprint density at radius 2 is 2.00 bits per heavy atom. The van der Waals surface area contributed by atoms with Crippen LogP contribution in [0.3, 0.4) is 0 Å². The van der Waals surface area contributed by atoms with Crippen LogP contribution in [0, 0.1) is 0 Å². The number of hydrogen-bond acceptors (Lipinski definition) is 2. The molecule has 0 radical (unpaired) electrons. The Kier molecular flexibility index (Phi) is 2.30. The third kappa shape index (κ3) is 1.50. The Labute approximate surface area is 91.5 Å². The lowest BCUT2D eigenvalue weighted by Gasteiger charge is -2.00. The number of benzene rings is 1. The summed E-state index contributed by atoms with van der Waals surface area (Å²) < 4.78 is 3.23. The fourth-order valence-corrected chi connectivity index (χ4v) is 1.79. The first-order valence-corrected chi connectivity index (χ1v) is 4.87. The van der Waals surface area contributed by atoms with E-state index < -0.39 is 5.97 Å². The molecule has 2 rings (SSSR count). The zero-order valence-corrected chi connectivity index (χ0v) is 9.10. The maximum absolute atomic E-state index is 11.8. The van der Waals surface area contributed by atoms with Crippen molar-refractivity contribution < 1.29 is 9.90 Å². The predicted molar refractivity (Wildman–Crippen MR) is 59.5 cm³/mol. The summed E-state index contributed by atoms with van der Waals surface area (Å²) in [5, 5.41) is 9.24. The minimum absolute atomic E-state index is 0.0615. The highest BCUT2D eigenvalue weighted by molar-refractivity contribution is 5.81. The van der Waals surface area contributed by atoms with Gasteiger partial charge in [0, 0.05) is 14.1 Å². The van der Waals surface area contributed by atoms with Crippen molar-refractivity contribution in [2.24, 2.45) is 14.1 Å². The molecule has 16 heavy (non-hydrogen) atoms. The normalized spacial score (nSPS) is 10.9. The van der Waals surface area contributed by atoms with Crippen molar-refractivity contribution in [1.29, 1.82) is 0 Å². The van der Waals surface area contributed by atoms with Gasteiger partial charge in [-0.2, -0.15) is 0 Å². The van der Waals surface area contributed by atoms with Crippen molar-refractivity contribution in [3.8, 4) is 0 Å². The molecular weight excluding hydrogens is 208 g/mol. The van der Waals surface area contributed by atoms with Crippen LogP contribution in [0.25, 0.3) is 10.9 Å². The molecule has 0 fully saturated rings. The van der Waals surface area contributed by atoms with E-state index in [0.29, 0.717) is 10.9 Å². The number of carboxylic acids is 1. The number of rotatable bonds is 2. The topological polar surface area (TPSA) is 64.2 Å². The first-order valence-electron chi connectivity index (χ1n) is 4.87. The molecule has 84 valence electrons. The van der Waals surface area contributed by atoms with E-state index in [2.05, 4.69) is 0 Å². The highest BCUT2D eigenvalue weighted by Crippen LogP contribution is 2.13. The van der Waals surface area contributed by atoms with Crippen LogP contribution in [0.15, 0.2) is 23.0 Å². The third-order valence-corrected chi connectivity index (χ3v) is 2.74. The predicted octanol–water partition coefficient (Wildman–Crippen LogP) is 0.504. The van der Waals surface area contributed by atoms with E-state index in [1.165, 1.54) is 4.68 Å². The molecule has 0 aliphatic rings. The van der Waals surface area contributed by atoms with Crippen LogP contribution in [-0.2, 0) is 25.3 Å². The summed E-state index contributed by atoms with van der Waals surface area (Å²) in [7, 11) is 3.47. The molecule has 0 atom stereocenters. The molecular formula is C11H12N2O3. The molecule has 5 nitrogen and oxygen atoms in total. The molecule has 0 amide bonds. The van der Waals surface area contributed by atoms with Crippen molar-refractivity contribution >= 4 is 16.9 Å². The summed E-state index contributed by atoms with van der Waals surface area (Å²) in [6.45, 7) is 0. The summed E-state index contributed by atoms with van der Waals surface area (Å²) in [6.07, 6.45) is -0.0615. The van der Waals surface area contributed by atoms with Gasteiger partial charge in [0.15, 0.2) is 0 Å². The first kappa shape index (κ1) is 10.5. The van der Waals surface area contributed by atoms with Gasteiger partial charge in [0.05, 0.1) is 17.3 Å². The molecule has 1 aromatic carbocycles. The van der Waals surface area contributed by atoms with E-state index >= 15 is 0 Å². The smallest absolute Gasteiger partial charge is 0.307 e. The minimum atomic E-state index is -0.896. The fraction of sp³-hybridized carbons (Fsp3) is 0.273. The van der Waals surface area contributed by atoms with E-state index in [9.17, 15) is 9.59 Å². The summed E-state index contributed by atoms with van der Waals surface area (Å²) >= 11 is 0. The lowest BCUT2D eigenvalue weighted by Crippen LogP contribution is -2.16. The van der Waals surface area contributed by atoms with Gasteiger partial charge >= 0.3 is 5.97 Å². The molecule has 1 heterocycles. The second kappa shape index (κ2) is 3.52. The largest absolute Gasteiger partial charge is 0.481 e. The second-order valence-corrected chi connectivity index (χ2v) is 3.77. The average molecular weight is 220 g/mol. The van der Waals surface area contributed by atoms with E-state index in [1.54, 1.807) is 37.0 Å². The van der Waals surface area contributed by atoms with Gasteiger partial charge in [-0.15, -0.1) is 0 Å². The van der Waals surface area contributed by atoms with Crippen molar-refractivity contribution in [3.63, 3.8) is 0 Å². The molecule has 0 unspecified atom stereocenters. The number of carboxylic acid groups (broad SMARTS) is 1. The number of carbonyl (C=O) groups is 1. The molecule has 1 N–H and O–H groups in total. The van der Waals surface area contributed by atoms with Crippen molar-refractivity contribution in [2.75, 3.05) is 0 Å². The van der Waals surface area contributed by atoms with E-state index in [1.807, 2.05) is 0 Å². The monoisotopic (exact) mass is 220 g/mol. The van der Waals surface area contributed by atoms with Gasteiger partial charge in [0.2, 0.25) is 0 Å². The van der Waals surface area contributed by atoms with E-state index in [0.717, 1.165) is 5.52 Å². The van der Waals surface area contributed by atoms with Crippen LogP contribution in [0.4, 0.5) is 0 Å². The third-order valence-electron chi connectivity index (χ3n) is 2.74. The van der Waals surface area contributed by atoms with Crippen molar-refractivity contribution in [2.45, 2.75) is 6.42 Å². The molecule has 5 heteroatoms. The minimum Gasteiger partial charge on any atom is -0.481 e. The number of hydrogen-bond donors (Lipinski definition) is 1. The maximum atomic E-state index is 11.8.